The zero-order chi connectivity index (χ0) is 36.6. The maximum Gasteiger partial charge on any atom is 0.326 e. The highest BCUT2D eigenvalue weighted by Gasteiger charge is 2.33. The fourth-order valence-electron chi connectivity index (χ4n) is 4.55. The number of phenolic OH excluding ortho intramolecular Hbond substituents is 1. The van der Waals surface area contributed by atoms with Crippen LogP contribution in [0.2, 0.25) is 0 Å². The molecule has 1 aromatic rings. The van der Waals surface area contributed by atoms with Crippen LogP contribution in [0.5, 0.6) is 5.75 Å². The maximum atomic E-state index is 13.4. The van der Waals surface area contributed by atoms with Crippen LogP contribution in [0.25, 0.3) is 0 Å². The number of nitrogens with one attached hydrogen (secondary N) is 4. The summed E-state index contributed by atoms with van der Waals surface area (Å²) in [4.78, 5) is 90.7. The van der Waals surface area contributed by atoms with E-state index in [1.807, 2.05) is 0 Å². The molecule has 16 heteroatoms. The number of carbonyl (C=O) groups is 7. The predicted molar refractivity (Wildman–Crippen MR) is 176 cm³/mol. The highest BCUT2D eigenvalue weighted by molar-refractivity contribution is 6.03. The molecule has 0 radical (unpaired) electrons. The van der Waals surface area contributed by atoms with E-state index in [2.05, 4.69) is 21.3 Å². The average Bonchev–Trinajstić information content (AvgIpc) is 3.04. The molecule has 0 aromatic heterocycles. The Kier molecular flexibility index (Phi) is 17.8. The molecule has 0 aliphatic carbocycles. The van der Waals surface area contributed by atoms with Crippen molar-refractivity contribution >= 4 is 41.4 Å². The molecular formula is C32H51N7O9. The Balaban J connectivity index is 3.19. The Hall–Kier alpha value is -4.57. The van der Waals surface area contributed by atoms with Gasteiger partial charge in [-0.15, -0.1) is 0 Å². The van der Waals surface area contributed by atoms with E-state index in [0.29, 0.717) is 36.3 Å². The molecule has 1 aromatic carbocycles. The Morgan fingerprint density at radius 3 is 1.96 bits per heavy atom. The number of unbranched alkanes of at least 4 members (excludes halogenated alkanes) is 1. The van der Waals surface area contributed by atoms with E-state index >= 15 is 0 Å². The van der Waals surface area contributed by atoms with Crippen LogP contribution in [0.3, 0.4) is 0 Å². The monoisotopic (exact) mass is 677 g/mol. The second-order valence-electron chi connectivity index (χ2n) is 11.7. The molecule has 0 aliphatic heterocycles. The Bertz CT molecular complexity index is 1270. The zero-order valence-corrected chi connectivity index (χ0v) is 28.3. The molecule has 48 heavy (non-hydrogen) atoms. The number of carboxylic acids is 1. The lowest BCUT2D eigenvalue weighted by atomic mass is 9.98. The van der Waals surface area contributed by atoms with Gasteiger partial charge in [-0.05, 0) is 63.3 Å². The van der Waals surface area contributed by atoms with Gasteiger partial charge < -0.3 is 42.9 Å². The largest absolute Gasteiger partial charge is 0.508 e. The van der Waals surface area contributed by atoms with E-state index in [1.54, 1.807) is 13.8 Å². The summed E-state index contributed by atoms with van der Waals surface area (Å²) in [5.74, 6) is -6.35. The van der Waals surface area contributed by atoms with Gasteiger partial charge in [-0.2, -0.15) is 0 Å². The molecule has 1 unspecified atom stereocenters. The van der Waals surface area contributed by atoms with E-state index in [1.165, 1.54) is 45.0 Å². The molecule has 1 rings (SSSR count). The summed E-state index contributed by atoms with van der Waals surface area (Å²) in [5, 5.41) is 29.3. The number of nitrogens with zero attached hydrogens (tertiary/aromatic N) is 1. The summed E-state index contributed by atoms with van der Waals surface area (Å²) in [6.07, 6.45) is 1.47. The van der Waals surface area contributed by atoms with E-state index in [9.17, 15) is 43.8 Å². The van der Waals surface area contributed by atoms with Crippen LogP contribution in [0.1, 0.15) is 72.3 Å². The van der Waals surface area contributed by atoms with Gasteiger partial charge >= 0.3 is 5.97 Å². The summed E-state index contributed by atoms with van der Waals surface area (Å²) in [6.45, 7) is 7.23. The molecule has 0 fully saturated rings. The first kappa shape index (κ1) is 41.5. The Morgan fingerprint density at radius 1 is 0.833 bits per heavy atom. The molecular weight excluding hydrogens is 626 g/mol. The van der Waals surface area contributed by atoms with Gasteiger partial charge in [0.1, 0.15) is 36.5 Å². The van der Waals surface area contributed by atoms with Crippen molar-refractivity contribution in [1.82, 2.24) is 26.2 Å². The normalized spacial score (nSPS) is 14.6. The summed E-state index contributed by atoms with van der Waals surface area (Å²) < 4.78 is 0. The van der Waals surface area contributed by atoms with Crippen molar-refractivity contribution in [2.24, 2.45) is 17.4 Å². The fourth-order valence-corrected chi connectivity index (χ4v) is 4.55. The maximum absolute atomic E-state index is 13.4. The van der Waals surface area contributed by atoms with E-state index in [0.717, 1.165) is 0 Å². The minimum absolute atomic E-state index is 0.0295. The number of nitrogens with two attached hydrogens (primary N) is 2. The minimum Gasteiger partial charge on any atom is -0.508 e. The van der Waals surface area contributed by atoms with Gasteiger partial charge in [0.05, 0.1) is 6.04 Å². The molecule has 6 atom stereocenters. The Morgan fingerprint density at radius 2 is 1.44 bits per heavy atom. The SMILES string of the molecule is CCC(=O)N(CC(=O)N[C@@H](Cc1ccc(O)cc1)C(=O)N[C@H](C(=O)O)[C@@H](C)CC)C(=O)C(C)NC(=O)[C@H](CCCCN)NC(=O)[C@H](C)N. The molecule has 0 aliphatic rings. The van der Waals surface area contributed by atoms with Crippen LogP contribution in [-0.2, 0) is 40.0 Å². The van der Waals surface area contributed by atoms with Gasteiger partial charge in [-0.3, -0.25) is 33.7 Å². The number of hydrogen-bond acceptors (Lipinski definition) is 10. The summed E-state index contributed by atoms with van der Waals surface area (Å²) in [7, 11) is 0. The minimum atomic E-state index is -1.32. The van der Waals surface area contributed by atoms with Crippen LogP contribution in [0.4, 0.5) is 0 Å². The van der Waals surface area contributed by atoms with Gasteiger partial charge in [-0.1, -0.05) is 39.3 Å². The van der Waals surface area contributed by atoms with Gasteiger partial charge in [-0.25, -0.2) is 4.79 Å². The summed E-state index contributed by atoms with van der Waals surface area (Å²) in [5.41, 5.74) is 11.7. The number of imide groups is 1. The van der Waals surface area contributed by atoms with Crippen molar-refractivity contribution in [3.05, 3.63) is 29.8 Å². The molecule has 0 saturated heterocycles. The first-order valence-electron chi connectivity index (χ1n) is 16.1. The van der Waals surface area contributed by atoms with Crippen LogP contribution in [0.15, 0.2) is 24.3 Å². The zero-order valence-electron chi connectivity index (χ0n) is 28.3. The van der Waals surface area contributed by atoms with Gasteiger partial charge in [0.25, 0.3) is 5.91 Å². The predicted octanol–water partition coefficient (Wildman–Crippen LogP) is -0.734. The summed E-state index contributed by atoms with van der Waals surface area (Å²) >= 11 is 0. The van der Waals surface area contributed by atoms with Crippen LogP contribution >= 0.6 is 0 Å². The number of benzene rings is 1. The highest BCUT2D eigenvalue weighted by atomic mass is 16.4. The van der Waals surface area contributed by atoms with Crippen molar-refractivity contribution in [3.8, 4) is 5.75 Å². The molecule has 0 heterocycles. The van der Waals surface area contributed by atoms with Crippen LogP contribution < -0.4 is 32.7 Å². The molecule has 16 nitrogen and oxygen atoms in total. The summed E-state index contributed by atoms with van der Waals surface area (Å²) in [6, 6.07) is 0.0105. The number of carbonyl (C=O) groups excluding carboxylic acids is 6. The topological polar surface area (TPSA) is 263 Å². The van der Waals surface area contributed by atoms with E-state index < -0.39 is 84.1 Å². The molecule has 0 saturated carbocycles. The second-order valence-corrected chi connectivity index (χ2v) is 11.7. The van der Waals surface area contributed by atoms with Crippen molar-refractivity contribution < 1.29 is 43.8 Å². The Labute approximate surface area is 280 Å². The molecule has 0 spiro atoms. The third kappa shape index (κ3) is 13.7. The second kappa shape index (κ2) is 20.6. The molecule has 0 bridgehead atoms. The van der Waals surface area contributed by atoms with Crippen LogP contribution in [0, 0.1) is 5.92 Å². The number of aliphatic carboxylic acids is 1. The number of rotatable bonds is 20. The number of carboxylic acid groups (broad SMARTS) is 1. The van der Waals surface area contributed by atoms with E-state index in [-0.39, 0.29) is 25.0 Å². The van der Waals surface area contributed by atoms with E-state index in [4.69, 9.17) is 11.5 Å². The van der Waals surface area contributed by atoms with Crippen molar-refractivity contribution in [3.63, 3.8) is 0 Å². The standard InChI is InChI=1S/C32H51N7O9/c1-6-18(3)27(32(47)48)38-30(45)24(16-21-11-13-22(40)14-12-21)36-25(41)17-39(26(42)7-2)31(46)20(5)35-29(44)23(10-8-9-15-33)37-28(43)19(4)34/h11-14,18-20,23-24,27,40H,6-10,15-17,33-34H2,1-5H3,(H,35,44)(H,36,41)(H,37,43)(H,38,45)(H,47,48)/t18-,19-,20?,23-,24-,27-/m0/s1. The third-order valence-corrected chi connectivity index (χ3v) is 7.70. The lowest BCUT2D eigenvalue weighted by Gasteiger charge is -2.27. The smallest absolute Gasteiger partial charge is 0.326 e. The lowest BCUT2D eigenvalue weighted by Crippen LogP contribution is -2.58. The van der Waals surface area contributed by atoms with Crippen molar-refractivity contribution in [2.45, 2.75) is 103 Å². The van der Waals surface area contributed by atoms with Crippen molar-refractivity contribution in [2.75, 3.05) is 13.1 Å². The quantitative estimate of drug-likeness (QED) is 0.0797. The number of phenols is 1. The lowest BCUT2D eigenvalue weighted by molar-refractivity contribution is -0.150. The first-order valence-corrected chi connectivity index (χ1v) is 16.1. The van der Waals surface area contributed by atoms with Crippen LogP contribution in [-0.4, -0.2) is 99.8 Å². The number of aromatic hydroxyl groups is 1. The van der Waals surface area contributed by atoms with Gasteiger partial charge in [0, 0.05) is 12.8 Å². The fraction of sp³-hybridized carbons (Fsp3) is 0.594. The number of amides is 6. The molecule has 268 valence electrons. The highest BCUT2D eigenvalue weighted by Crippen LogP contribution is 2.13. The third-order valence-electron chi connectivity index (χ3n) is 7.70. The molecule has 6 amide bonds. The van der Waals surface area contributed by atoms with Gasteiger partial charge in [0.15, 0.2) is 0 Å². The number of hydrogen-bond donors (Lipinski definition) is 8. The van der Waals surface area contributed by atoms with Crippen molar-refractivity contribution in [1.29, 1.82) is 0 Å². The first-order chi connectivity index (χ1) is 22.6. The van der Waals surface area contributed by atoms with Gasteiger partial charge in [0.2, 0.25) is 29.5 Å². The average molecular weight is 678 g/mol. The molecule has 10 N–H and O–H groups in total.